The van der Waals surface area contributed by atoms with E-state index in [2.05, 4.69) is 25.7 Å². The van der Waals surface area contributed by atoms with Crippen LogP contribution in [0.25, 0.3) is 0 Å². The van der Waals surface area contributed by atoms with Gasteiger partial charge >= 0.3 is 5.97 Å². The second-order valence-corrected chi connectivity index (χ2v) is 3.65. The molecule has 1 rings (SSSR count). The normalized spacial score (nSPS) is 10.6. The van der Waals surface area contributed by atoms with E-state index in [4.69, 9.17) is 0 Å². The first-order chi connectivity index (χ1) is 8.02. The lowest BCUT2D eigenvalue weighted by atomic mass is 10.1. The van der Waals surface area contributed by atoms with E-state index < -0.39 is 29.1 Å². The molecule has 0 saturated heterocycles. The van der Waals surface area contributed by atoms with E-state index in [9.17, 15) is 18.4 Å². The van der Waals surface area contributed by atoms with Gasteiger partial charge in [0.15, 0.2) is 5.43 Å². The number of nitrogens with one attached hydrogen (secondary N) is 1. The number of carbonyl (C=O) groups is 1. The molecule has 0 amide bonds. The van der Waals surface area contributed by atoms with Crippen molar-refractivity contribution < 1.29 is 18.3 Å². The number of hydrogen-bond donors (Lipinski definition) is 1. The molecule has 0 bridgehead atoms. The monoisotopic (exact) mass is 309 g/mol. The summed E-state index contributed by atoms with van der Waals surface area (Å²) in [5, 5.41) is 0.130. The van der Waals surface area contributed by atoms with Crippen LogP contribution in [0.4, 0.5) is 8.78 Å². The summed E-state index contributed by atoms with van der Waals surface area (Å²) in [6, 6.07) is 0. The third kappa shape index (κ3) is 2.91. The van der Waals surface area contributed by atoms with Gasteiger partial charge in [0.2, 0.25) is 0 Å². The van der Waals surface area contributed by atoms with Gasteiger partial charge in [-0.1, -0.05) is 15.9 Å². The molecule has 1 aromatic heterocycles. The highest BCUT2D eigenvalue weighted by Crippen LogP contribution is 2.19. The molecule has 7 heteroatoms. The number of ether oxygens (including phenoxy) is 1. The summed E-state index contributed by atoms with van der Waals surface area (Å²) in [6.45, 7) is 1.59. The van der Waals surface area contributed by atoms with Crippen molar-refractivity contribution in [1.29, 1.82) is 0 Å². The predicted octanol–water partition coefficient (Wildman–Crippen LogP) is 2.38. The Kier molecular flexibility index (Phi) is 4.80. The zero-order chi connectivity index (χ0) is 13.0. The zero-order valence-corrected chi connectivity index (χ0v) is 10.5. The van der Waals surface area contributed by atoms with Crippen LogP contribution >= 0.6 is 15.9 Å². The average Bonchev–Trinajstić information content (AvgIpc) is 2.28. The Morgan fingerprint density at radius 2 is 2.24 bits per heavy atom. The number of rotatable bonds is 4. The minimum Gasteiger partial charge on any atom is -0.461 e. The molecule has 17 heavy (non-hydrogen) atoms. The van der Waals surface area contributed by atoms with Gasteiger partial charge in [0.05, 0.1) is 12.2 Å². The highest BCUT2D eigenvalue weighted by atomic mass is 79.9. The van der Waals surface area contributed by atoms with E-state index in [0.29, 0.717) is 0 Å². The molecule has 1 heterocycles. The van der Waals surface area contributed by atoms with Gasteiger partial charge in [0.25, 0.3) is 6.43 Å². The molecule has 0 aromatic carbocycles. The fourth-order valence-corrected chi connectivity index (χ4v) is 1.69. The maximum Gasteiger partial charge on any atom is 0.355 e. The summed E-state index contributed by atoms with van der Waals surface area (Å²) in [5.41, 5.74) is -2.05. The molecule has 0 unspecified atom stereocenters. The van der Waals surface area contributed by atoms with Gasteiger partial charge in [0.1, 0.15) is 5.69 Å². The Hall–Kier alpha value is -1.24. The first-order valence-corrected chi connectivity index (χ1v) is 5.90. The lowest BCUT2D eigenvalue weighted by Gasteiger charge is -2.08. The van der Waals surface area contributed by atoms with E-state index in [1.165, 1.54) is 6.20 Å². The first-order valence-electron chi connectivity index (χ1n) is 4.78. The van der Waals surface area contributed by atoms with E-state index in [1.54, 1.807) is 6.92 Å². The van der Waals surface area contributed by atoms with Crippen LogP contribution in [0, 0.1) is 0 Å². The van der Waals surface area contributed by atoms with Crippen LogP contribution < -0.4 is 5.43 Å². The quantitative estimate of drug-likeness (QED) is 0.686. The average molecular weight is 310 g/mol. The molecule has 0 aliphatic carbocycles. The molecule has 0 saturated carbocycles. The van der Waals surface area contributed by atoms with Crippen molar-refractivity contribution >= 4 is 21.9 Å². The van der Waals surface area contributed by atoms with Crippen LogP contribution in [0.1, 0.15) is 35.0 Å². The van der Waals surface area contributed by atoms with Gasteiger partial charge in [-0.05, 0) is 6.92 Å². The highest BCUT2D eigenvalue weighted by molar-refractivity contribution is 9.08. The standard InChI is InChI=1S/C10H10BrF2NO3/c1-2-17-10(16)7-6(9(12)13)8(15)5(3-11)4-14-7/h4,9H,2-3H2,1H3,(H,14,15). The van der Waals surface area contributed by atoms with Crippen LogP contribution in [-0.2, 0) is 10.1 Å². The Morgan fingerprint density at radius 1 is 1.59 bits per heavy atom. The van der Waals surface area contributed by atoms with Gasteiger partial charge in [-0.25, -0.2) is 13.6 Å². The minimum absolute atomic E-state index is 0.0454. The zero-order valence-electron chi connectivity index (χ0n) is 8.93. The maximum atomic E-state index is 12.8. The summed E-state index contributed by atoms with van der Waals surface area (Å²) in [4.78, 5) is 25.4. The Bertz CT molecular complexity index is 473. The van der Waals surface area contributed by atoms with Gasteiger partial charge in [-0.2, -0.15) is 0 Å². The third-order valence-electron chi connectivity index (χ3n) is 2.04. The Balaban J connectivity index is 3.36. The Morgan fingerprint density at radius 3 is 2.71 bits per heavy atom. The van der Waals surface area contributed by atoms with E-state index in [-0.39, 0.29) is 17.5 Å². The SMILES string of the molecule is CCOC(=O)c1[nH]cc(CBr)c(=O)c1C(F)F. The van der Waals surface area contributed by atoms with Crippen molar-refractivity contribution in [3.05, 3.63) is 33.2 Å². The second-order valence-electron chi connectivity index (χ2n) is 3.09. The molecule has 4 nitrogen and oxygen atoms in total. The topological polar surface area (TPSA) is 59.2 Å². The van der Waals surface area contributed by atoms with Gasteiger partial charge in [-0.15, -0.1) is 0 Å². The summed E-state index contributed by atoms with van der Waals surface area (Å²) in [7, 11) is 0. The van der Waals surface area contributed by atoms with Crippen LogP contribution in [0.5, 0.6) is 0 Å². The molecule has 0 aliphatic heterocycles. The number of pyridine rings is 1. The molecule has 1 N–H and O–H groups in total. The van der Waals surface area contributed by atoms with E-state index in [0.717, 1.165) is 0 Å². The fraction of sp³-hybridized carbons (Fsp3) is 0.400. The molecule has 0 atom stereocenters. The number of hydrogen-bond acceptors (Lipinski definition) is 3. The molecular weight excluding hydrogens is 300 g/mol. The highest BCUT2D eigenvalue weighted by Gasteiger charge is 2.24. The third-order valence-corrected chi connectivity index (χ3v) is 2.64. The molecule has 94 valence electrons. The smallest absolute Gasteiger partial charge is 0.355 e. The van der Waals surface area contributed by atoms with Crippen molar-refractivity contribution in [2.75, 3.05) is 6.61 Å². The molecule has 1 aromatic rings. The van der Waals surface area contributed by atoms with Crippen molar-refractivity contribution in [2.24, 2.45) is 0 Å². The van der Waals surface area contributed by atoms with Gasteiger partial charge in [0, 0.05) is 17.1 Å². The number of aromatic nitrogens is 1. The summed E-state index contributed by atoms with van der Waals surface area (Å²) >= 11 is 3.00. The van der Waals surface area contributed by atoms with Crippen LogP contribution in [0.3, 0.4) is 0 Å². The summed E-state index contributed by atoms with van der Waals surface area (Å²) < 4.78 is 30.1. The summed E-state index contributed by atoms with van der Waals surface area (Å²) in [6.07, 6.45) is -1.81. The number of alkyl halides is 3. The number of H-pyrrole nitrogens is 1. The molecule has 0 aliphatic rings. The lowest BCUT2D eigenvalue weighted by Crippen LogP contribution is -2.22. The van der Waals surface area contributed by atoms with Crippen LogP contribution in [0.15, 0.2) is 11.0 Å². The second kappa shape index (κ2) is 5.90. The van der Waals surface area contributed by atoms with Gasteiger partial charge in [-0.3, -0.25) is 4.79 Å². The number of aromatic amines is 1. The molecule has 0 spiro atoms. The van der Waals surface area contributed by atoms with E-state index >= 15 is 0 Å². The lowest BCUT2D eigenvalue weighted by molar-refractivity contribution is 0.0507. The molecular formula is C10H10BrF2NO3. The largest absolute Gasteiger partial charge is 0.461 e. The van der Waals surface area contributed by atoms with Crippen molar-refractivity contribution in [1.82, 2.24) is 4.98 Å². The predicted molar refractivity (Wildman–Crippen MR) is 60.6 cm³/mol. The van der Waals surface area contributed by atoms with Crippen LogP contribution in [-0.4, -0.2) is 17.6 Å². The fourth-order valence-electron chi connectivity index (χ4n) is 1.27. The Labute approximate surface area is 104 Å². The first kappa shape index (κ1) is 13.8. The molecule has 0 radical (unpaired) electrons. The maximum absolute atomic E-state index is 12.8. The van der Waals surface area contributed by atoms with Crippen molar-refractivity contribution in [2.45, 2.75) is 18.7 Å². The summed E-state index contributed by atoms with van der Waals surface area (Å²) in [5.74, 6) is -0.957. The number of esters is 1. The molecule has 0 fully saturated rings. The van der Waals surface area contributed by atoms with Gasteiger partial charge < -0.3 is 9.72 Å². The van der Waals surface area contributed by atoms with Crippen LogP contribution in [0.2, 0.25) is 0 Å². The van der Waals surface area contributed by atoms with Crippen molar-refractivity contribution in [3.8, 4) is 0 Å². The number of halogens is 3. The van der Waals surface area contributed by atoms with Crippen molar-refractivity contribution in [3.63, 3.8) is 0 Å². The minimum atomic E-state index is -3.03. The number of carbonyl (C=O) groups excluding carboxylic acids is 1. The van der Waals surface area contributed by atoms with E-state index in [1.807, 2.05) is 0 Å².